The maximum Gasteiger partial charge on any atom is 0.255 e. The van der Waals surface area contributed by atoms with Crippen molar-refractivity contribution < 1.29 is 24.1 Å². The molecule has 0 fully saturated rings. The summed E-state index contributed by atoms with van der Waals surface area (Å²) in [7, 11) is 1.36. The maximum atomic E-state index is 13.0. The van der Waals surface area contributed by atoms with Crippen LogP contribution in [0.2, 0.25) is 0 Å². The number of benzene rings is 2. The highest BCUT2D eigenvalue weighted by atomic mass is 19.1. The molecule has 6 heteroatoms. The second kappa shape index (κ2) is 5.48. The van der Waals surface area contributed by atoms with Gasteiger partial charge in [0.05, 0.1) is 12.8 Å². The second-order valence-electron chi connectivity index (χ2n) is 4.00. The van der Waals surface area contributed by atoms with Crippen LogP contribution in [0.5, 0.6) is 17.2 Å². The number of nitrogens with one attached hydrogen (secondary N) is 1. The van der Waals surface area contributed by atoms with Crippen molar-refractivity contribution in [2.75, 3.05) is 12.4 Å². The Bertz CT molecular complexity index is 658. The van der Waals surface area contributed by atoms with E-state index >= 15 is 0 Å². The summed E-state index contributed by atoms with van der Waals surface area (Å²) in [4.78, 5) is 12.0. The van der Waals surface area contributed by atoms with E-state index in [4.69, 9.17) is 4.74 Å². The summed E-state index contributed by atoms with van der Waals surface area (Å²) in [5.41, 5.74) is 0.443. The minimum Gasteiger partial charge on any atom is -0.504 e. The van der Waals surface area contributed by atoms with Gasteiger partial charge in [0.2, 0.25) is 0 Å². The van der Waals surface area contributed by atoms with Gasteiger partial charge in [0.15, 0.2) is 11.5 Å². The van der Waals surface area contributed by atoms with Crippen molar-refractivity contribution in [3.8, 4) is 17.2 Å². The largest absolute Gasteiger partial charge is 0.504 e. The number of amides is 1. The molecule has 0 aliphatic carbocycles. The minimum atomic E-state index is -0.523. The van der Waals surface area contributed by atoms with Gasteiger partial charge >= 0.3 is 0 Å². The molecule has 0 aromatic heterocycles. The molecule has 0 unspecified atom stereocenters. The average Bonchev–Trinajstić information content (AvgIpc) is 2.43. The Morgan fingerprint density at radius 1 is 1.15 bits per heavy atom. The third kappa shape index (κ3) is 2.80. The number of phenolic OH excluding ortho intramolecular Hbond substituents is 2. The Morgan fingerprint density at radius 3 is 2.55 bits per heavy atom. The van der Waals surface area contributed by atoms with Gasteiger partial charge in [-0.1, -0.05) is 0 Å². The van der Waals surface area contributed by atoms with Crippen LogP contribution >= 0.6 is 0 Å². The standard InChI is InChI=1S/C14H12FNO4/c1-20-13-7-9(15)3-4-10(13)16-14(19)8-2-5-11(17)12(18)6-8/h2-7,17-18H,1H3,(H,16,19). The molecule has 3 N–H and O–H groups in total. The van der Waals surface area contributed by atoms with Gasteiger partial charge in [-0.25, -0.2) is 4.39 Å². The molecular formula is C14H12FNO4. The van der Waals surface area contributed by atoms with Crippen LogP contribution < -0.4 is 10.1 Å². The highest BCUT2D eigenvalue weighted by Gasteiger charge is 2.12. The van der Waals surface area contributed by atoms with Crippen LogP contribution in [-0.2, 0) is 0 Å². The molecule has 2 rings (SSSR count). The van der Waals surface area contributed by atoms with Crippen molar-refractivity contribution in [1.29, 1.82) is 0 Å². The zero-order valence-electron chi connectivity index (χ0n) is 10.6. The monoisotopic (exact) mass is 277 g/mol. The molecule has 2 aromatic rings. The molecule has 0 atom stereocenters. The number of hydrogen-bond acceptors (Lipinski definition) is 4. The van der Waals surface area contributed by atoms with E-state index in [1.54, 1.807) is 0 Å². The zero-order valence-corrected chi connectivity index (χ0v) is 10.6. The number of aromatic hydroxyl groups is 2. The lowest BCUT2D eigenvalue weighted by Crippen LogP contribution is -2.12. The summed E-state index contributed by atoms with van der Waals surface area (Å²) in [6.07, 6.45) is 0. The number of rotatable bonds is 3. The van der Waals surface area contributed by atoms with Crippen LogP contribution in [0.3, 0.4) is 0 Å². The fourth-order valence-electron chi connectivity index (χ4n) is 1.63. The zero-order chi connectivity index (χ0) is 14.7. The second-order valence-corrected chi connectivity index (χ2v) is 4.00. The van der Waals surface area contributed by atoms with Crippen LogP contribution in [0.4, 0.5) is 10.1 Å². The van der Waals surface area contributed by atoms with Gasteiger partial charge in [-0.05, 0) is 30.3 Å². The van der Waals surface area contributed by atoms with Gasteiger partial charge in [-0.2, -0.15) is 0 Å². The molecule has 2 aromatic carbocycles. The van der Waals surface area contributed by atoms with Gasteiger partial charge in [-0.3, -0.25) is 4.79 Å². The van der Waals surface area contributed by atoms with Crippen LogP contribution in [0, 0.1) is 5.82 Å². The number of carbonyl (C=O) groups excluding carboxylic acids is 1. The number of anilines is 1. The Labute approximate surface area is 114 Å². The molecule has 0 saturated carbocycles. The van der Waals surface area contributed by atoms with Crippen molar-refractivity contribution >= 4 is 11.6 Å². The maximum absolute atomic E-state index is 13.0. The van der Waals surface area contributed by atoms with E-state index in [1.165, 1.54) is 31.4 Å². The molecule has 0 aliphatic heterocycles. The molecule has 0 radical (unpaired) electrons. The van der Waals surface area contributed by atoms with E-state index in [0.717, 1.165) is 12.1 Å². The molecule has 104 valence electrons. The summed E-state index contributed by atoms with van der Waals surface area (Å²) in [6.45, 7) is 0. The van der Waals surface area contributed by atoms with Crippen LogP contribution in [0.1, 0.15) is 10.4 Å². The van der Waals surface area contributed by atoms with E-state index in [-0.39, 0.29) is 17.1 Å². The third-order valence-corrected chi connectivity index (χ3v) is 2.65. The number of hydrogen-bond donors (Lipinski definition) is 3. The molecule has 5 nitrogen and oxygen atoms in total. The third-order valence-electron chi connectivity index (χ3n) is 2.65. The van der Waals surface area contributed by atoms with Crippen molar-refractivity contribution in [2.45, 2.75) is 0 Å². The molecule has 1 amide bonds. The Balaban J connectivity index is 2.25. The van der Waals surface area contributed by atoms with Crippen LogP contribution in [-0.4, -0.2) is 23.2 Å². The Kier molecular flexibility index (Phi) is 3.74. The van der Waals surface area contributed by atoms with Gasteiger partial charge in [-0.15, -0.1) is 0 Å². The molecule has 0 heterocycles. The Hall–Kier alpha value is -2.76. The van der Waals surface area contributed by atoms with Gasteiger partial charge in [0.25, 0.3) is 5.91 Å². The first-order valence-electron chi connectivity index (χ1n) is 5.68. The lowest BCUT2D eigenvalue weighted by Gasteiger charge is -2.10. The van der Waals surface area contributed by atoms with Crippen LogP contribution in [0.25, 0.3) is 0 Å². The van der Waals surface area contributed by atoms with Gasteiger partial charge < -0.3 is 20.3 Å². The number of methoxy groups -OCH3 is 1. The lowest BCUT2D eigenvalue weighted by atomic mass is 10.2. The Morgan fingerprint density at radius 2 is 1.90 bits per heavy atom. The summed E-state index contributed by atoms with van der Waals surface area (Å²) in [5, 5.41) is 21.1. The lowest BCUT2D eigenvalue weighted by molar-refractivity contribution is 0.102. The number of ether oxygens (including phenoxy) is 1. The quantitative estimate of drug-likeness (QED) is 0.753. The van der Waals surface area contributed by atoms with Crippen molar-refractivity contribution in [2.24, 2.45) is 0 Å². The highest BCUT2D eigenvalue weighted by molar-refractivity contribution is 6.05. The summed E-state index contributed by atoms with van der Waals surface area (Å²) in [5.74, 6) is -1.54. The molecule has 0 aliphatic rings. The average molecular weight is 277 g/mol. The summed E-state index contributed by atoms with van der Waals surface area (Å²) < 4.78 is 18.0. The molecule has 20 heavy (non-hydrogen) atoms. The smallest absolute Gasteiger partial charge is 0.255 e. The fraction of sp³-hybridized carbons (Fsp3) is 0.0714. The predicted molar refractivity (Wildman–Crippen MR) is 70.7 cm³/mol. The van der Waals surface area contributed by atoms with E-state index in [2.05, 4.69) is 5.32 Å². The molecule has 0 spiro atoms. The number of halogens is 1. The van der Waals surface area contributed by atoms with E-state index in [9.17, 15) is 19.4 Å². The van der Waals surface area contributed by atoms with Crippen molar-refractivity contribution in [1.82, 2.24) is 0 Å². The van der Waals surface area contributed by atoms with E-state index < -0.39 is 17.5 Å². The van der Waals surface area contributed by atoms with E-state index in [1.807, 2.05) is 0 Å². The first-order chi connectivity index (χ1) is 9.51. The van der Waals surface area contributed by atoms with Crippen molar-refractivity contribution in [3.05, 3.63) is 47.8 Å². The van der Waals surface area contributed by atoms with Crippen LogP contribution in [0.15, 0.2) is 36.4 Å². The fourth-order valence-corrected chi connectivity index (χ4v) is 1.63. The topological polar surface area (TPSA) is 78.8 Å². The summed E-state index contributed by atoms with van der Waals surface area (Å²) >= 11 is 0. The predicted octanol–water partition coefficient (Wildman–Crippen LogP) is 2.50. The molecular weight excluding hydrogens is 265 g/mol. The molecule has 0 bridgehead atoms. The van der Waals surface area contributed by atoms with Gasteiger partial charge in [0.1, 0.15) is 11.6 Å². The normalized spacial score (nSPS) is 10.1. The van der Waals surface area contributed by atoms with Gasteiger partial charge in [0, 0.05) is 11.6 Å². The first kappa shape index (κ1) is 13.7. The SMILES string of the molecule is COc1cc(F)ccc1NC(=O)c1ccc(O)c(O)c1. The first-order valence-corrected chi connectivity index (χ1v) is 5.68. The highest BCUT2D eigenvalue weighted by Crippen LogP contribution is 2.28. The number of phenols is 2. The van der Waals surface area contributed by atoms with Crippen molar-refractivity contribution in [3.63, 3.8) is 0 Å². The number of carbonyl (C=O) groups is 1. The van der Waals surface area contributed by atoms with E-state index in [0.29, 0.717) is 5.69 Å². The summed E-state index contributed by atoms with van der Waals surface area (Å²) in [6, 6.07) is 7.37. The molecule has 0 saturated heterocycles. The minimum absolute atomic E-state index is 0.145.